The van der Waals surface area contributed by atoms with Crippen molar-refractivity contribution in [2.24, 2.45) is 0 Å². The van der Waals surface area contributed by atoms with E-state index in [9.17, 15) is 9.90 Å². The maximum atomic E-state index is 11.4. The van der Waals surface area contributed by atoms with Crippen LogP contribution in [0.15, 0.2) is 28.9 Å². The van der Waals surface area contributed by atoms with Crippen molar-refractivity contribution >= 4 is 32.8 Å². The van der Waals surface area contributed by atoms with E-state index in [1.54, 1.807) is 0 Å². The van der Waals surface area contributed by atoms with Crippen LogP contribution in [0.2, 0.25) is 0 Å². The highest BCUT2D eigenvalue weighted by Gasteiger charge is 2.32. The first-order valence-corrected chi connectivity index (χ1v) is 6.88. The number of carboxylic acids is 1. The Hall–Kier alpha value is -1.33. The lowest BCUT2D eigenvalue weighted by atomic mass is 10.0. The third-order valence-electron chi connectivity index (χ3n) is 3.36. The van der Waals surface area contributed by atoms with Crippen molar-refractivity contribution in [3.8, 4) is 0 Å². The largest absolute Gasteiger partial charge is 0.477 e. The quantitative estimate of drug-likeness (QED) is 0.849. The number of aliphatic carboxylic acids is 1. The number of aromatic nitrogens is 1. The summed E-state index contributed by atoms with van der Waals surface area (Å²) in [5, 5.41) is 10.5. The topological polar surface area (TPSA) is 53.1 Å². The SMILES string of the molecule is C[N+](C)(C)[C@@H](Cc1c[nH]c2ccc(Br)cc12)C(=O)O. The maximum absolute atomic E-state index is 11.4. The van der Waals surface area contributed by atoms with Crippen molar-refractivity contribution in [3.05, 3.63) is 34.4 Å². The number of quaternary nitrogens is 1. The second-order valence-corrected chi connectivity index (χ2v) is 6.59. The molecule has 1 aromatic carbocycles. The van der Waals surface area contributed by atoms with E-state index < -0.39 is 12.0 Å². The number of rotatable bonds is 4. The van der Waals surface area contributed by atoms with Crippen molar-refractivity contribution in [2.75, 3.05) is 21.1 Å². The third kappa shape index (κ3) is 2.98. The van der Waals surface area contributed by atoms with Gasteiger partial charge in [0.2, 0.25) is 0 Å². The molecule has 0 aliphatic heterocycles. The number of nitrogens with one attached hydrogen (secondary N) is 1. The zero-order valence-electron chi connectivity index (χ0n) is 11.3. The number of likely N-dealkylation sites (N-methyl/N-ethyl adjacent to an activating group) is 1. The summed E-state index contributed by atoms with van der Waals surface area (Å²) in [6.07, 6.45) is 2.41. The molecule has 0 bridgehead atoms. The second kappa shape index (κ2) is 4.98. The first kappa shape index (κ1) is 14.1. The van der Waals surface area contributed by atoms with Gasteiger partial charge in [0.1, 0.15) is 0 Å². The molecular formula is C14H18BrN2O2+. The highest BCUT2D eigenvalue weighted by molar-refractivity contribution is 9.10. The number of hydrogen-bond acceptors (Lipinski definition) is 1. The minimum absolute atomic E-state index is 0.399. The number of benzene rings is 1. The summed E-state index contributed by atoms with van der Waals surface area (Å²) < 4.78 is 1.40. The van der Waals surface area contributed by atoms with Gasteiger partial charge in [0, 0.05) is 28.0 Å². The number of halogens is 1. The van der Waals surface area contributed by atoms with Gasteiger partial charge < -0.3 is 14.6 Å². The minimum atomic E-state index is -0.767. The fourth-order valence-electron chi connectivity index (χ4n) is 2.22. The van der Waals surface area contributed by atoms with Gasteiger partial charge in [-0.3, -0.25) is 0 Å². The summed E-state index contributed by atoms with van der Waals surface area (Å²) >= 11 is 3.45. The van der Waals surface area contributed by atoms with Gasteiger partial charge in [-0.15, -0.1) is 0 Å². The van der Waals surface area contributed by atoms with Gasteiger partial charge in [-0.2, -0.15) is 0 Å². The van der Waals surface area contributed by atoms with Crippen molar-refractivity contribution in [2.45, 2.75) is 12.5 Å². The number of nitrogens with zero attached hydrogens (tertiary/aromatic N) is 1. The molecule has 2 rings (SSSR count). The Bertz CT molecular complexity index is 613. The summed E-state index contributed by atoms with van der Waals surface area (Å²) in [6.45, 7) is 0. The summed E-state index contributed by atoms with van der Waals surface area (Å²) in [4.78, 5) is 14.6. The summed E-state index contributed by atoms with van der Waals surface area (Å²) in [5.41, 5.74) is 2.07. The van der Waals surface area contributed by atoms with Gasteiger partial charge >= 0.3 is 5.97 Å². The van der Waals surface area contributed by atoms with Gasteiger partial charge in [0.25, 0.3) is 0 Å². The van der Waals surface area contributed by atoms with Crippen molar-refractivity contribution < 1.29 is 14.4 Å². The van der Waals surface area contributed by atoms with Crippen LogP contribution in [0.3, 0.4) is 0 Å². The van der Waals surface area contributed by atoms with Crippen LogP contribution in [0.4, 0.5) is 0 Å². The molecule has 0 aliphatic carbocycles. The van der Waals surface area contributed by atoms with Gasteiger partial charge in [-0.05, 0) is 23.8 Å². The minimum Gasteiger partial charge on any atom is -0.477 e. The first-order chi connectivity index (χ1) is 8.79. The molecule has 0 spiro atoms. The molecule has 0 saturated carbocycles. The lowest BCUT2D eigenvalue weighted by Gasteiger charge is -2.31. The maximum Gasteiger partial charge on any atom is 0.362 e. The number of H-pyrrole nitrogens is 1. The van der Waals surface area contributed by atoms with Gasteiger partial charge in [0.15, 0.2) is 6.04 Å². The van der Waals surface area contributed by atoms with E-state index in [4.69, 9.17) is 0 Å². The van der Waals surface area contributed by atoms with Crippen LogP contribution in [0.5, 0.6) is 0 Å². The fourth-order valence-corrected chi connectivity index (χ4v) is 2.58. The molecule has 1 atom stereocenters. The van der Waals surface area contributed by atoms with Gasteiger partial charge in [-0.1, -0.05) is 15.9 Å². The monoisotopic (exact) mass is 325 g/mol. The predicted molar refractivity (Wildman–Crippen MR) is 79.2 cm³/mol. The lowest BCUT2D eigenvalue weighted by molar-refractivity contribution is -0.887. The number of aromatic amines is 1. The van der Waals surface area contributed by atoms with E-state index in [1.165, 1.54) is 0 Å². The molecule has 2 aromatic rings. The molecule has 19 heavy (non-hydrogen) atoms. The van der Waals surface area contributed by atoms with Crippen LogP contribution < -0.4 is 0 Å². The molecule has 0 aliphatic rings. The zero-order valence-corrected chi connectivity index (χ0v) is 12.9. The molecule has 1 aromatic heterocycles. The van der Waals surface area contributed by atoms with Crippen LogP contribution in [0, 0.1) is 0 Å². The molecule has 2 N–H and O–H groups in total. The average Bonchev–Trinajstić information content (AvgIpc) is 2.66. The van der Waals surface area contributed by atoms with E-state index >= 15 is 0 Å². The van der Waals surface area contributed by atoms with Crippen LogP contribution >= 0.6 is 15.9 Å². The average molecular weight is 326 g/mol. The highest BCUT2D eigenvalue weighted by Crippen LogP contribution is 2.25. The van der Waals surface area contributed by atoms with Crippen LogP contribution in [-0.4, -0.2) is 47.7 Å². The standard InChI is InChI=1S/C14H17BrN2O2/c1-17(2,3)13(14(18)19)6-9-8-16-12-5-4-10(15)7-11(9)12/h4-5,7-8,13,16H,6H2,1-3H3/p+1/t13-/m0/s1. The Kier molecular flexibility index (Phi) is 3.69. The Morgan fingerprint density at radius 3 is 2.68 bits per heavy atom. The predicted octanol–water partition coefficient (Wildman–Crippen LogP) is 2.63. The molecule has 4 nitrogen and oxygen atoms in total. The van der Waals surface area contributed by atoms with Crippen LogP contribution in [0.25, 0.3) is 10.9 Å². The molecule has 0 saturated heterocycles. The molecule has 0 amide bonds. The lowest BCUT2D eigenvalue weighted by Crippen LogP contribution is -2.51. The van der Waals surface area contributed by atoms with Crippen molar-refractivity contribution in [1.82, 2.24) is 4.98 Å². The first-order valence-electron chi connectivity index (χ1n) is 6.08. The van der Waals surface area contributed by atoms with Crippen molar-refractivity contribution in [3.63, 3.8) is 0 Å². The molecule has 5 heteroatoms. The number of fused-ring (bicyclic) bond motifs is 1. The summed E-state index contributed by atoms with van der Waals surface area (Å²) in [6, 6.07) is 5.52. The van der Waals surface area contributed by atoms with Crippen LogP contribution in [0.1, 0.15) is 5.56 Å². The summed E-state index contributed by atoms with van der Waals surface area (Å²) in [7, 11) is 5.72. The highest BCUT2D eigenvalue weighted by atomic mass is 79.9. The van der Waals surface area contributed by atoms with E-state index in [-0.39, 0.29) is 0 Å². The summed E-state index contributed by atoms with van der Waals surface area (Å²) in [5.74, 6) is -0.767. The smallest absolute Gasteiger partial charge is 0.362 e. The Morgan fingerprint density at radius 1 is 1.42 bits per heavy atom. The number of carbonyl (C=O) groups is 1. The van der Waals surface area contributed by atoms with E-state index in [0.29, 0.717) is 10.9 Å². The zero-order chi connectivity index (χ0) is 14.2. The molecule has 0 unspecified atom stereocenters. The molecule has 0 radical (unpaired) electrons. The molecular weight excluding hydrogens is 308 g/mol. The second-order valence-electron chi connectivity index (χ2n) is 5.68. The number of carboxylic acid groups (broad SMARTS) is 1. The molecule has 102 valence electrons. The molecule has 0 fully saturated rings. The Morgan fingerprint density at radius 2 is 2.11 bits per heavy atom. The Balaban J connectivity index is 2.39. The van der Waals surface area contributed by atoms with E-state index in [0.717, 1.165) is 20.9 Å². The number of hydrogen-bond donors (Lipinski definition) is 2. The fraction of sp³-hybridized carbons (Fsp3) is 0.357. The Labute approximate surface area is 120 Å². The van der Waals surface area contributed by atoms with Gasteiger partial charge in [0.05, 0.1) is 21.1 Å². The van der Waals surface area contributed by atoms with Crippen LogP contribution in [-0.2, 0) is 11.2 Å². The normalized spacial score (nSPS) is 13.7. The van der Waals surface area contributed by atoms with Gasteiger partial charge in [-0.25, -0.2) is 4.79 Å². The van der Waals surface area contributed by atoms with Crippen molar-refractivity contribution in [1.29, 1.82) is 0 Å². The van der Waals surface area contributed by atoms with E-state index in [2.05, 4.69) is 20.9 Å². The molecule has 1 heterocycles. The van der Waals surface area contributed by atoms with E-state index in [1.807, 2.05) is 45.5 Å². The third-order valence-corrected chi connectivity index (χ3v) is 3.86.